The zero-order valence-corrected chi connectivity index (χ0v) is 13.6. The van der Waals surface area contributed by atoms with Crippen molar-refractivity contribution in [3.63, 3.8) is 0 Å². The molecule has 1 atom stereocenters. The van der Waals surface area contributed by atoms with Gasteiger partial charge in [-0.05, 0) is 27.2 Å². The normalized spacial score (nSPS) is 13.9. The van der Waals surface area contributed by atoms with Crippen molar-refractivity contribution in [3.8, 4) is 0 Å². The zero-order chi connectivity index (χ0) is 15.7. The summed E-state index contributed by atoms with van der Waals surface area (Å²) in [6, 6.07) is 0. The molecule has 0 spiro atoms. The summed E-state index contributed by atoms with van der Waals surface area (Å²) in [5.74, 6) is 0.849. The Labute approximate surface area is 126 Å². The van der Waals surface area contributed by atoms with Crippen LogP contribution in [0.4, 0.5) is 0 Å². The quantitative estimate of drug-likeness (QED) is 0.528. The Balaban J connectivity index is 2.59. The van der Waals surface area contributed by atoms with Crippen LogP contribution >= 0.6 is 0 Å². The second-order valence-electron chi connectivity index (χ2n) is 5.45. The van der Waals surface area contributed by atoms with Crippen molar-refractivity contribution in [2.45, 2.75) is 71.9 Å². The number of unbranched alkanes of at least 4 members (excludes halogenated alkanes) is 3. The van der Waals surface area contributed by atoms with Crippen molar-refractivity contribution < 1.29 is 14.1 Å². The molecule has 0 saturated carbocycles. The second-order valence-corrected chi connectivity index (χ2v) is 5.45. The minimum Gasteiger partial charge on any atom is -0.465 e. The summed E-state index contributed by atoms with van der Waals surface area (Å²) in [7, 11) is 0. The van der Waals surface area contributed by atoms with Crippen molar-refractivity contribution in [3.05, 3.63) is 11.7 Å². The third-order valence-electron chi connectivity index (χ3n) is 3.46. The molecule has 0 amide bonds. The first kappa shape index (κ1) is 17.6. The van der Waals surface area contributed by atoms with Crippen LogP contribution in [0.15, 0.2) is 4.52 Å². The molecule has 0 fully saturated rings. The number of esters is 1. The molecule has 1 aromatic rings. The van der Waals surface area contributed by atoms with Crippen molar-refractivity contribution in [1.29, 1.82) is 0 Å². The Morgan fingerprint density at radius 1 is 1.33 bits per heavy atom. The second kappa shape index (κ2) is 8.77. The minimum absolute atomic E-state index is 0.224. The molecule has 1 rings (SSSR count). The number of aryl methyl sites for hydroxylation is 1. The minimum atomic E-state index is -0.716. The van der Waals surface area contributed by atoms with Crippen LogP contribution in [0.3, 0.4) is 0 Å². The SMILES string of the molecule is CCCCCCC(C)(NCc1nc(C)no1)C(=O)OCC. The highest BCUT2D eigenvalue weighted by Gasteiger charge is 2.34. The largest absolute Gasteiger partial charge is 0.465 e. The van der Waals surface area contributed by atoms with Gasteiger partial charge in [-0.1, -0.05) is 37.8 Å². The third kappa shape index (κ3) is 5.83. The van der Waals surface area contributed by atoms with Crippen LogP contribution in [0, 0.1) is 6.92 Å². The Bertz CT molecular complexity index is 434. The molecule has 6 nitrogen and oxygen atoms in total. The summed E-state index contributed by atoms with van der Waals surface area (Å²) in [6.45, 7) is 8.37. The molecule has 0 radical (unpaired) electrons. The van der Waals surface area contributed by atoms with Gasteiger partial charge in [0.15, 0.2) is 5.82 Å². The number of carbonyl (C=O) groups is 1. The molecule has 1 aromatic heterocycles. The van der Waals surface area contributed by atoms with E-state index in [1.807, 2.05) is 13.8 Å². The van der Waals surface area contributed by atoms with Crippen molar-refractivity contribution >= 4 is 5.97 Å². The lowest BCUT2D eigenvalue weighted by atomic mass is 9.94. The van der Waals surface area contributed by atoms with Gasteiger partial charge in [-0.2, -0.15) is 4.98 Å². The van der Waals surface area contributed by atoms with Crippen LogP contribution in [0.2, 0.25) is 0 Å². The molecular formula is C15H27N3O3. The summed E-state index contributed by atoms with van der Waals surface area (Å²) in [5.41, 5.74) is -0.716. The van der Waals surface area contributed by atoms with Crippen LogP contribution in [0.25, 0.3) is 0 Å². The van der Waals surface area contributed by atoms with E-state index in [0.717, 1.165) is 19.3 Å². The molecule has 1 unspecified atom stereocenters. The average Bonchev–Trinajstić information content (AvgIpc) is 2.87. The van der Waals surface area contributed by atoms with Gasteiger partial charge in [-0.15, -0.1) is 0 Å². The first-order chi connectivity index (χ1) is 10.0. The molecule has 120 valence electrons. The van der Waals surface area contributed by atoms with Gasteiger partial charge in [0.2, 0.25) is 5.89 Å². The molecule has 1 heterocycles. The first-order valence-electron chi connectivity index (χ1n) is 7.73. The molecule has 0 aliphatic carbocycles. The molecule has 6 heteroatoms. The highest BCUT2D eigenvalue weighted by atomic mass is 16.5. The van der Waals surface area contributed by atoms with Gasteiger partial charge in [0, 0.05) is 0 Å². The number of hydrogen-bond donors (Lipinski definition) is 1. The number of ether oxygens (including phenoxy) is 1. The summed E-state index contributed by atoms with van der Waals surface area (Å²) in [4.78, 5) is 16.3. The van der Waals surface area contributed by atoms with E-state index < -0.39 is 5.54 Å². The maximum Gasteiger partial charge on any atom is 0.326 e. The van der Waals surface area contributed by atoms with Gasteiger partial charge in [-0.3, -0.25) is 10.1 Å². The Morgan fingerprint density at radius 2 is 2.10 bits per heavy atom. The number of aromatic nitrogens is 2. The number of nitrogens with zero attached hydrogens (tertiary/aromatic N) is 2. The molecule has 0 aliphatic heterocycles. The summed E-state index contributed by atoms with van der Waals surface area (Å²) in [5, 5.41) is 6.96. The van der Waals surface area contributed by atoms with E-state index in [9.17, 15) is 4.79 Å². The first-order valence-corrected chi connectivity index (χ1v) is 7.73. The molecule has 1 N–H and O–H groups in total. The van der Waals surface area contributed by atoms with Crippen molar-refractivity contribution in [2.24, 2.45) is 0 Å². The van der Waals surface area contributed by atoms with Crippen LogP contribution in [-0.2, 0) is 16.1 Å². The highest BCUT2D eigenvalue weighted by Crippen LogP contribution is 2.18. The van der Waals surface area contributed by atoms with Crippen molar-refractivity contribution in [1.82, 2.24) is 15.5 Å². The monoisotopic (exact) mass is 297 g/mol. The Morgan fingerprint density at radius 3 is 2.67 bits per heavy atom. The van der Waals surface area contributed by atoms with E-state index in [4.69, 9.17) is 9.26 Å². The summed E-state index contributed by atoms with van der Waals surface area (Å²) < 4.78 is 10.3. The standard InChI is InChI=1S/C15H27N3O3/c1-5-7-8-9-10-15(4,14(19)20-6-2)16-11-13-17-12(3)18-21-13/h16H,5-11H2,1-4H3. The summed E-state index contributed by atoms with van der Waals surface area (Å²) >= 11 is 0. The lowest BCUT2D eigenvalue weighted by Crippen LogP contribution is -2.50. The van der Waals surface area contributed by atoms with Gasteiger partial charge < -0.3 is 9.26 Å². The number of carbonyl (C=O) groups excluding carboxylic acids is 1. The smallest absolute Gasteiger partial charge is 0.326 e. The third-order valence-corrected chi connectivity index (χ3v) is 3.46. The highest BCUT2D eigenvalue weighted by molar-refractivity contribution is 5.80. The molecule has 21 heavy (non-hydrogen) atoms. The van der Waals surface area contributed by atoms with Crippen LogP contribution in [-0.4, -0.2) is 28.3 Å². The van der Waals surface area contributed by atoms with E-state index in [-0.39, 0.29) is 5.97 Å². The Hall–Kier alpha value is -1.43. The van der Waals surface area contributed by atoms with Crippen LogP contribution in [0.1, 0.15) is 64.6 Å². The van der Waals surface area contributed by atoms with E-state index in [1.54, 1.807) is 6.92 Å². The van der Waals surface area contributed by atoms with Gasteiger partial charge >= 0.3 is 5.97 Å². The fourth-order valence-electron chi connectivity index (χ4n) is 2.14. The van der Waals surface area contributed by atoms with E-state index in [1.165, 1.54) is 12.8 Å². The van der Waals surface area contributed by atoms with E-state index in [2.05, 4.69) is 22.4 Å². The molecule has 0 saturated heterocycles. The predicted molar refractivity (Wildman–Crippen MR) is 79.7 cm³/mol. The molecule has 0 bridgehead atoms. The van der Waals surface area contributed by atoms with Gasteiger partial charge in [0.25, 0.3) is 0 Å². The van der Waals surface area contributed by atoms with Crippen LogP contribution in [0.5, 0.6) is 0 Å². The topological polar surface area (TPSA) is 77.3 Å². The number of nitrogens with one attached hydrogen (secondary N) is 1. The molecular weight excluding hydrogens is 270 g/mol. The predicted octanol–water partition coefficient (Wildman–Crippen LogP) is 2.76. The lowest BCUT2D eigenvalue weighted by Gasteiger charge is -2.28. The Kier molecular flexibility index (Phi) is 7.36. The maximum absolute atomic E-state index is 12.2. The van der Waals surface area contributed by atoms with Gasteiger partial charge in [-0.25, -0.2) is 0 Å². The molecule has 0 aromatic carbocycles. The fraction of sp³-hybridized carbons (Fsp3) is 0.800. The lowest BCUT2D eigenvalue weighted by molar-refractivity contribution is -0.151. The molecule has 0 aliphatic rings. The van der Waals surface area contributed by atoms with E-state index >= 15 is 0 Å². The zero-order valence-electron chi connectivity index (χ0n) is 13.6. The van der Waals surface area contributed by atoms with E-state index in [0.29, 0.717) is 24.9 Å². The van der Waals surface area contributed by atoms with Crippen LogP contribution < -0.4 is 5.32 Å². The summed E-state index contributed by atoms with van der Waals surface area (Å²) in [6.07, 6.45) is 5.19. The van der Waals surface area contributed by atoms with Gasteiger partial charge in [0.1, 0.15) is 5.54 Å². The number of rotatable bonds is 10. The average molecular weight is 297 g/mol. The van der Waals surface area contributed by atoms with Crippen molar-refractivity contribution in [2.75, 3.05) is 6.61 Å². The maximum atomic E-state index is 12.2. The van der Waals surface area contributed by atoms with Gasteiger partial charge in [0.05, 0.1) is 13.2 Å². The fourth-order valence-corrected chi connectivity index (χ4v) is 2.14. The number of hydrogen-bond acceptors (Lipinski definition) is 6.